The van der Waals surface area contributed by atoms with Crippen LogP contribution in [0, 0.1) is 6.07 Å². The van der Waals surface area contributed by atoms with Crippen LogP contribution in [0.25, 0.3) is 11.1 Å². The topological polar surface area (TPSA) is 58.6 Å². The van der Waals surface area contributed by atoms with Crippen molar-refractivity contribution < 1.29 is 5.21 Å². The summed E-state index contributed by atoms with van der Waals surface area (Å²) in [6.45, 7) is 0. The van der Waals surface area contributed by atoms with E-state index in [4.69, 9.17) is 10.9 Å². The first kappa shape index (κ1) is 10.2. The summed E-state index contributed by atoms with van der Waals surface area (Å²) < 4.78 is 0. The third-order valence-electron chi connectivity index (χ3n) is 2.33. The molecule has 0 spiro atoms. The lowest BCUT2D eigenvalue weighted by molar-refractivity contribution is 0.318. The Labute approximate surface area is 93.8 Å². The highest BCUT2D eigenvalue weighted by Gasteiger charge is 2.00. The smallest absolute Gasteiger partial charge is 0.170 e. The van der Waals surface area contributed by atoms with Gasteiger partial charge in [0, 0.05) is 5.56 Å². The lowest BCUT2D eigenvalue weighted by atomic mass is 10.0. The number of hydrogen-bond donors (Lipinski definition) is 2. The van der Waals surface area contributed by atoms with Crippen LogP contribution in [-0.4, -0.2) is 11.0 Å². The van der Waals surface area contributed by atoms with Gasteiger partial charge in [0.05, 0.1) is 0 Å². The van der Waals surface area contributed by atoms with E-state index < -0.39 is 0 Å². The molecule has 0 heterocycles. The number of nitrogens with zero attached hydrogens (tertiary/aromatic N) is 1. The standard InChI is InChI=1S/C13H11N2O/c14-13(15-16)12-8-6-11(7-9-12)10-4-2-1-3-5-10/h1-2,4-9,16H,(H2,14,15). The summed E-state index contributed by atoms with van der Waals surface area (Å²) >= 11 is 0. The summed E-state index contributed by atoms with van der Waals surface area (Å²) in [6, 6.07) is 18.2. The number of nitrogens with two attached hydrogens (primary N) is 1. The first-order valence-corrected chi connectivity index (χ1v) is 4.86. The van der Waals surface area contributed by atoms with Crippen molar-refractivity contribution in [3.63, 3.8) is 0 Å². The summed E-state index contributed by atoms with van der Waals surface area (Å²) in [4.78, 5) is 0. The Hall–Kier alpha value is -2.29. The fourth-order valence-electron chi connectivity index (χ4n) is 1.46. The number of rotatable bonds is 2. The van der Waals surface area contributed by atoms with Gasteiger partial charge in [0.15, 0.2) is 5.84 Å². The number of benzene rings is 2. The molecule has 0 amide bonds. The molecule has 3 heteroatoms. The van der Waals surface area contributed by atoms with Crippen molar-refractivity contribution in [2.45, 2.75) is 0 Å². The Bertz CT molecular complexity index is 489. The number of amidine groups is 1. The van der Waals surface area contributed by atoms with Crippen LogP contribution >= 0.6 is 0 Å². The van der Waals surface area contributed by atoms with Crippen molar-refractivity contribution in [3.8, 4) is 11.1 Å². The van der Waals surface area contributed by atoms with Crippen LogP contribution in [0.4, 0.5) is 0 Å². The Kier molecular flexibility index (Phi) is 2.87. The molecule has 0 aliphatic carbocycles. The van der Waals surface area contributed by atoms with Gasteiger partial charge in [0.2, 0.25) is 0 Å². The molecule has 0 unspecified atom stereocenters. The van der Waals surface area contributed by atoms with E-state index in [-0.39, 0.29) is 5.84 Å². The van der Waals surface area contributed by atoms with E-state index >= 15 is 0 Å². The lowest BCUT2D eigenvalue weighted by Gasteiger charge is -2.02. The highest BCUT2D eigenvalue weighted by molar-refractivity contribution is 5.97. The summed E-state index contributed by atoms with van der Waals surface area (Å²) in [5.74, 6) is 0.117. The largest absolute Gasteiger partial charge is 0.409 e. The van der Waals surface area contributed by atoms with E-state index in [1.807, 2.05) is 48.5 Å². The molecule has 2 rings (SSSR count). The van der Waals surface area contributed by atoms with Crippen molar-refractivity contribution in [2.75, 3.05) is 0 Å². The predicted molar refractivity (Wildman–Crippen MR) is 63.2 cm³/mol. The number of hydrogen-bond acceptors (Lipinski definition) is 2. The monoisotopic (exact) mass is 211 g/mol. The van der Waals surface area contributed by atoms with Gasteiger partial charge in [-0.05, 0) is 23.3 Å². The van der Waals surface area contributed by atoms with E-state index in [0.29, 0.717) is 5.56 Å². The van der Waals surface area contributed by atoms with Gasteiger partial charge in [-0.3, -0.25) is 0 Å². The van der Waals surface area contributed by atoms with E-state index in [1.54, 1.807) is 0 Å². The van der Waals surface area contributed by atoms with Crippen molar-refractivity contribution in [2.24, 2.45) is 10.9 Å². The third-order valence-corrected chi connectivity index (χ3v) is 2.33. The first-order valence-electron chi connectivity index (χ1n) is 4.86. The van der Waals surface area contributed by atoms with Crippen molar-refractivity contribution >= 4 is 5.84 Å². The molecule has 0 aliphatic heterocycles. The lowest BCUT2D eigenvalue weighted by Crippen LogP contribution is -2.12. The molecular formula is C13H11N2O. The minimum Gasteiger partial charge on any atom is -0.409 e. The zero-order chi connectivity index (χ0) is 11.4. The quantitative estimate of drug-likeness (QED) is 0.346. The van der Waals surface area contributed by atoms with E-state index in [2.05, 4.69) is 11.2 Å². The summed E-state index contributed by atoms with van der Waals surface area (Å²) in [5.41, 5.74) is 8.34. The Morgan fingerprint density at radius 1 is 1.12 bits per heavy atom. The highest BCUT2D eigenvalue weighted by atomic mass is 16.4. The third kappa shape index (κ3) is 2.03. The molecule has 0 bridgehead atoms. The normalized spacial score (nSPS) is 11.4. The highest BCUT2D eigenvalue weighted by Crippen LogP contribution is 2.18. The minimum atomic E-state index is 0.117. The van der Waals surface area contributed by atoms with Gasteiger partial charge < -0.3 is 10.9 Å². The van der Waals surface area contributed by atoms with Gasteiger partial charge in [-0.15, -0.1) is 0 Å². The van der Waals surface area contributed by atoms with Crippen LogP contribution in [0.3, 0.4) is 0 Å². The zero-order valence-electron chi connectivity index (χ0n) is 8.59. The van der Waals surface area contributed by atoms with E-state index in [1.165, 1.54) is 0 Å². The molecule has 3 nitrogen and oxygen atoms in total. The number of oxime groups is 1. The van der Waals surface area contributed by atoms with Gasteiger partial charge in [-0.25, -0.2) is 0 Å². The van der Waals surface area contributed by atoms with Crippen LogP contribution in [0.5, 0.6) is 0 Å². The van der Waals surface area contributed by atoms with Gasteiger partial charge in [-0.2, -0.15) is 0 Å². The molecule has 0 fully saturated rings. The maximum Gasteiger partial charge on any atom is 0.170 e. The van der Waals surface area contributed by atoms with Gasteiger partial charge in [-0.1, -0.05) is 47.6 Å². The molecule has 1 radical (unpaired) electrons. The summed E-state index contributed by atoms with van der Waals surface area (Å²) in [7, 11) is 0. The van der Waals surface area contributed by atoms with E-state index in [0.717, 1.165) is 11.1 Å². The van der Waals surface area contributed by atoms with Crippen LogP contribution < -0.4 is 5.73 Å². The Morgan fingerprint density at radius 3 is 2.44 bits per heavy atom. The Balaban J connectivity index is 2.34. The molecule has 0 atom stereocenters. The maximum absolute atomic E-state index is 8.53. The van der Waals surface area contributed by atoms with Crippen LogP contribution in [0.1, 0.15) is 5.56 Å². The molecule has 0 aromatic heterocycles. The second kappa shape index (κ2) is 4.49. The molecule has 0 aliphatic rings. The van der Waals surface area contributed by atoms with Gasteiger partial charge in [0.1, 0.15) is 0 Å². The zero-order valence-corrected chi connectivity index (χ0v) is 8.59. The average molecular weight is 211 g/mol. The maximum atomic E-state index is 8.53. The predicted octanol–water partition coefficient (Wildman–Crippen LogP) is 2.25. The second-order valence-electron chi connectivity index (χ2n) is 3.35. The fourth-order valence-corrected chi connectivity index (χ4v) is 1.46. The molecule has 16 heavy (non-hydrogen) atoms. The van der Waals surface area contributed by atoms with Crippen LogP contribution in [0.2, 0.25) is 0 Å². The minimum absolute atomic E-state index is 0.117. The van der Waals surface area contributed by atoms with Gasteiger partial charge >= 0.3 is 0 Å². The molecular weight excluding hydrogens is 200 g/mol. The van der Waals surface area contributed by atoms with Crippen molar-refractivity contribution in [3.05, 3.63) is 60.2 Å². The summed E-state index contributed by atoms with van der Waals surface area (Å²) in [6.07, 6.45) is 0. The fraction of sp³-hybridized carbons (Fsp3) is 0. The van der Waals surface area contributed by atoms with E-state index in [9.17, 15) is 0 Å². The van der Waals surface area contributed by atoms with Crippen molar-refractivity contribution in [1.82, 2.24) is 0 Å². The molecule has 79 valence electrons. The van der Waals surface area contributed by atoms with Crippen LogP contribution in [-0.2, 0) is 0 Å². The molecule has 0 saturated heterocycles. The second-order valence-corrected chi connectivity index (χ2v) is 3.35. The average Bonchev–Trinajstić information content (AvgIpc) is 2.39. The molecule has 0 saturated carbocycles. The Morgan fingerprint density at radius 2 is 1.88 bits per heavy atom. The first-order chi connectivity index (χ1) is 7.81. The molecule has 2 aromatic rings. The molecule has 3 N–H and O–H groups in total. The van der Waals surface area contributed by atoms with Crippen molar-refractivity contribution in [1.29, 1.82) is 0 Å². The SMILES string of the molecule is N/C(=N/O)c1ccc(-c2c[c]ccc2)cc1. The summed E-state index contributed by atoms with van der Waals surface area (Å²) in [5, 5.41) is 11.5. The van der Waals surface area contributed by atoms with Crippen LogP contribution in [0.15, 0.2) is 53.7 Å². The van der Waals surface area contributed by atoms with Gasteiger partial charge in [0.25, 0.3) is 0 Å². The molecule has 2 aromatic carbocycles.